The Kier molecular flexibility index (Phi) is 3.29. The first-order valence-electron chi connectivity index (χ1n) is 6.71. The zero-order chi connectivity index (χ0) is 13.9. The van der Waals surface area contributed by atoms with Crippen LogP contribution in [-0.4, -0.2) is 16.6 Å². The molecule has 0 spiro atoms. The number of rotatable bonds is 4. The fraction of sp³-hybridized carbons (Fsp3) is 0.188. The lowest BCUT2D eigenvalue weighted by molar-refractivity contribution is 0.338. The van der Waals surface area contributed by atoms with E-state index in [1.54, 1.807) is 0 Å². The summed E-state index contributed by atoms with van der Waals surface area (Å²) >= 11 is 0. The van der Waals surface area contributed by atoms with Crippen LogP contribution in [0.4, 0.5) is 11.6 Å². The van der Waals surface area contributed by atoms with Crippen LogP contribution in [0.1, 0.15) is 12.5 Å². The molecule has 0 bridgehead atoms. The van der Waals surface area contributed by atoms with Crippen molar-refractivity contribution in [2.45, 2.75) is 13.8 Å². The van der Waals surface area contributed by atoms with Crippen molar-refractivity contribution < 1.29 is 4.74 Å². The summed E-state index contributed by atoms with van der Waals surface area (Å²) in [5.74, 6) is 1.66. The maximum Gasteiger partial charge on any atom is 0.205 e. The van der Waals surface area contributed by atoms with Gasteiger partial charge in [-0.15, -0.1) is 0 Å². The largest absolute Gasteiger partial charge is 0.494 e. The maximum atomic E-state index is 5.54. The second-order valence-corrected chi connectivity index (χ2v) is 4.64. The van der Waals surface area contributed by atoms with Gasteiger partial charge in [0.05, 0.1) is 17.6 Å². The molecule has 4 heteroatoms. The van der Waals surface area contributed by atoms with E-state index >= 15 is 0 Å². The van der Waals surface area contributed by atoms with E-state index in [1.807, 2.05) is 50.2 Å². The van der Waals surface area contributed by atoms with E-state index < -0.39 is 0 Å². The summed E-state index contributed by atoms with van der Waals surface area (Å²) in [6.45, 7) is 4.70. The van der Waals surface area contributed by atoms with Crippen molar-refractivity contribution in [3.63, 3.8) is 0 Å². The van der Waals surface area contributed by atoms with Crippen molar-refractivity contribution in [3.05, 3.63) is 48.0 Å². The van der Waals surface area contributed by atoms with Crippen molar-refractivity contribution in [3.8, 4) is 5.75 Å². The molecule has 4 nitrogen and oxygen atoms in total. The molecule has 0 unspecified atom stereocenters. The fourth-order valence-corrected chi connectivity index (χ4v) is 2.19. The smallest absolute Gasteiger partial charge is 0.205 e. The number of benzene rings is 2. The van der Waals surface area contributed by atoms with Gasteiger partial charge in [0.2, 0.25) is 5.95 Å². The normalized spacial score (nSPS) is 10.7. The third-order valence-corrected chi connectivity index (χ3v) is 3.13. The van der Waals surface area contributed by atoms with E-state index in [-0.39, 0.29) is 0 Å². The summed E-state index contributed by atoms with van der Waals surface area (Å²) in [7, 11) is 0. The molecule has 3 aromatic rings. The number of nitrogens with one attached hydrogen (secondary N) is 2. The number of para-hydroxylation sites is 2. The maximum absolute atomic E-state index is 5.54. The zero-order valence-electron chi connectivity index (χ0n) is 11.6. The number of fused-ring (bicyclic) bond motifs is 1. The second kappa shape index (κ2) is 5.25. The molecule has 102 valence electrons. The van der Waals surface area contributed by atoms with E-state index in [0.717, 1.165) is 34.0 Å². The molecule has 0 radical (unpaired) electrons. The molecule has 0 amide bonds. The number of aryl methyl sites for hydroxylation is 1. The minimum Gasteiger partial charge on any atom is -0.494 e. The highest BCUT2D eigenvalue weighted by Gasteiger charge is 2.04. The van der Waals surface area contributed by atoms with E-state index in [0.29, 0.717) is 6.61 Å². The van der Waals surface area contributed by atoms with Crippen molar-refractivity contribution in [2.24, 2.45) is 0 Å². The Morgan fingerprint density at radius 1 is 1.20 bits per heavy atom. The van der Waals surface area contributed by atoms with Crippen LogP contribution in [0, 0.1) is 6.92 Å². The molecular weight excluding hydrogens is 250 g/mol. The molecular formula is C16H17N3O. The van der Waals surface area contributed by atoms with E-state index in [9.17, 15) is 0 Å². The monoisotopic (exact) mass is 267 g/mol. The van der Waals surface area contributed by atoms with Crippen LogP contribution in [0.3, 0.4) is 0 Å². The molecule has 0 saturated carbocycles. The molecule has 0 saturated heterocycles. The molecule has 20 heavy (non-hydrogen) atoms. The summed E-state index contributed by atoms with van der Waals surface area (Å²) < 4.78 is 5.54. The average Bonchev–Trinajstić information content (AvgIpc) is 2.84. The molecule has 1 aromatic heterocycles. The molecule has 1 heterocycles. The van der Waals surface area contributed by atoms with Crippen LogP contribution in [0.5, 0.6) is 5.75 Å². The van der Waals surface area contributed by atoms with Crippen LogP contribution < -0.4 is 10.1 Å². The van der Waals surface area contributed by atoms with Gasteiger partial charge in [0.25, 0.3) is 0 Å². The molecule has 0 fully saturated rings. The van der Waals surface area contributed by atoms with Crippen LogP contribution in [0.15, 0.2) is 42.5 Å². The molecule has 2 aromatic carbocycles. The molecule has 0 atom stereocenters. The van der Waals surface area contributed by atoms with Crippen LogP contribution >= 0.6 is 0 Å². The number of aromatic nitrogens is 2. The Balaban J connectivity index is 1.85. The first kappa shape index (κ1) is 12.5. The minimum atomic E-state index is 0.678. The number of ether oxygens (including phenoxy) is 1. The Hall–Kier alpha value is -2.49. The summed E-state index contributed by atoms with van der Waals surface area (Å²) in [4.78, 5) is 7.75. The highest BCUT2D eigenvalue weighted by molar-refractivity contribution is 5.78. The van der Waals surface area contributed by atoms with Crippen molar-refractivity contribution in [2.75, 3.05) is 11.9 Å². The Morgan fingerprint density at radius 2 is 2.05 bits per heavy atom. The summed E-state index contributed by atoms with van der Waals surface area (Å²) in [6, 6.07) is 14.0. The quantitative estimate of drug-likeness (QED) is 0.750. The van der Waals surface area contributed by atoms with Gasteiger partial charge < -0.3 is 15.0 Å². The van der Waals surface area contributed by atoms with E-state index in [1.165, 1.54) is 0 Å². The van der Waals surface area contributed by atoms with E-state index in [2.05, 4.69) is 21.4 Å². The zero-order valence-corrected chi connectivity index (χ0v) is 11.6. The summed E-state index contributed by atoms with van der Waals surface area (Å²) in [5, 5.41) is 3.28. The number of anilines is 2. The highest BCUT2D eigenvalue weighted by Crippen LogP contribution is 2.24. The molecule has 3 rings (SSSR count). The van der Waals surface area contributed by atoms with Gasteiger partial charge in [-0.25, -0.2) is 4.98 Å². The highest BCUT2D eigenvalue weighted by atomic mass is 16.5. The van der Waals surface area contributed by atoms with Gasteiger partial charge >= 0.3 is 0 Å². The number of hydrogen-bond donors (Lipinski definition) is 2. The third kappa shape index (κ3) is 2.45. The lowest BCUT2D eigenvalue weighted by Gasteiger charge is -2.09. The first-order chi connectivity index (χ1) is 9.76. The van der Waals surface area contributed by atoms with Gasteiger partial charge in [-0.3, -0.25) is 0 Å². The fourth-order valence-electron chi connectivity index (χ4n) is 2.19. The Morgan fingerprint density at radius 3 is 2.80 bits per heavy atom. The molecule has 2 N–H and O–H groups in total. The Bertz CT molecular complexity index is 700. The lowest BCUT2D eigenvalue weighted by Crippen LogP contribution is -1.96. The molecule has 0 aliphatic heterocycles. The van der Waals surface area contributed by atoms with Gasteiger partial charge in [0.1, 0.15) is 5.75 Å². The third-order valence-electron chi connectivity index (χ3n) is 3.13. The summed E-state index contributed by atoms with van der Waals surface area (Å²) in [5.41, 5.74) is 4.08. The summed E-state index contributed by atoms with van der Waals surface area (Å²) in [6.07, 6.45) is 0. The predicted octanol–water partition coefficient (Wildman–Crippen LogP) is 4.01. The standard InChI is InChI=1S/C16H17N3O/c1-3-20-15-9-8-12(10-11(15)2)17-16-18-13-6-4-5-7-14(13)19-16/h4-10H,3H2,1-2H3,(H2,17,18,19). The number of nitrogens with zero attached hydrogens (tertiary/aromatic N) is 1. The van der Waals surface area contributed by atoms with E-state index in [4.69, 9.17) is 4.74 Å². The second-order valence-electron chi connectivity index (χ2n) is 4.64. The number of imidazole rings is 1. The number of aromatic amines is 1. The average molecular weight is 267 g/mol. The topological polar surface area (TPSA) is 49.9 Å². The lowest BCUT2D eigenvalue weighted by atomic mass is 10.2. The predicted molar refractivity (Wildman–Crippen MR) is 81.7 cm³/mol. The van der Waals surface area contributed by atoms with Gasteiger partial charge in [0.15, 0.2) is 0 Å². The number of H-pyrrole nitrogens is 1. The minimum absolute atomic E-state index is 0.678. The molecule has 0 aliphatic rings. The van der Waals surface area contributed by atoms with Gasteiger partial charge in [0, 0.05) is 5.69 Å². The van der Waals surface area contributed by atoms with Crippen molar-refractivity contribution >= 4 is 22.7 Å². The van der Waals surface area contributed by atoms with Crippen LogP contribution in [0.2, 0.25) is 0 Å². The SMILES string of the molecule is CCOc1ccc(Nc2nc3ccccc3[nH]2)cc1C. The first-order valence-corrected chi connectivity index (χ1v) is 6.71. The number of hydrogen-bond acceptors (Lipinski definition) is 3. The van der Waals surface area contributed by atoms with Crippen molar-refractivity contribution in [1.82, 2.24) is 9.97 Å². The van der Waals surface area contributed by atoms with Gasteiger partial charge in [-0.1, -0.05) is 12.1 Å². The van der Waals surface area contributed by atoms with Gasteiger partial charge in [-0.2, -0.15) is 0 Å². The Labute approximate surface area is 117 Å². The van der Waals surface area contributed by atoms with Gasteiger partial charge in [-0.05, 0) is 49.7 Å². The van der Waals surface area contributed by atoms with Crippen LogP contribution in [0.25, 0.3) is 11.0 Å². The van der Waals surface area contributed by atoms with Crippen molar-refractivity contribution in [1.29, 1.82) is 0 Å². The van der Waals surface area contributed by atoms with Crippen LogP contribution in [-0.2, 0) is 0 Å². The molecule has 0 aliphatic carbocycles.